The number of benzene rings is 1. The van der Waals surface area contributed by atoms with Crippen molar-refractivity contribution < 1.29 is 9.53 Å². The highest BCUT2D eigenvalue weighted by atomic mass is 16.5. The van der Waals surface area contributed by atoms with E-state index in [4.69, 9.17) is 4.74 Å². The maximum absolute atomic E-state index is 13.1. The average molecular weight is 337 g/mol. The highest BCUT2D eigenvalue weighted by Crippen LogP contribution is 2.35. The molecule has 1 aromatic heterocycles. The standard InChI is InChI=1S/C20H23N3O2/c1-14-18(12-21-19(22-14)16-5-3-2-4-6-16)20(24)23-9-10-25-13-17(23)11-15-7-8-15/h2-6,12,15,17H,7-11,13H2,1H3. The molecule has 0 bridgehead atoms. The van der Waals surface area contributed by atoms with Crippen LogP contribution in [0.2, 0.25) is 0 Å². The van der Waals surface area contributed by atoms with Crippen molar-refractivity contribution >= 4 is 5.91 Å². The zero-order chi connectivity index (χ0) is 17.2. The summed E-state index contributed by atoms with van der Waals surface area (Å²) in [7, 11) is 0. The van der Waals surface area contributed by atoms with Crippen molar-refractivity contribution in [1.29, 1.82) is 0 Å². The number of hydrogen-bond acceptors (Lipinski definition) is 4. The summed E-state index contributed by atoms with van der Waals surface area (Å²) >= 11 is 0. The molecule has 1 amide bonds. The Morgan fingerprint density at radius 3 is 2.80 bits per heavy atom. The predicted molar refractivity (Wildman–Crippen MR) is 95.2 cm³/mol. The fraction of sp³-hybridized carbons (Fsp3) is 0.450. The van der Waals surface area contributed by atoms with Gasteiger partial charge in [0, 0.05) is 18.3 Å². The van der Waals surface area contributed by atoms with Crippen LogP contribution in [-0.2, 0) is 4.74 Å². The van der Waals surface area contributed by atoms with Crippen LogP contribution in [0.3, 0.4) is 0 Å². The minimum absolute atomic E-state index is 0.0334. The maximum atomic E-state index is 13.1. The molecule has 2 fully saturated rings. The minimum atomic E-state index is 0.0334. The van der Waals surface area contributed by atoms with Gasteiger partial charge in [-0.1, -0.05) is 43.2 Å². The van der Waals surface area contributed by atoms with Gasteiger partial charge in [-0.2, -0.15) is 0 Å². The molecule has 1 atom stereocenters. The molecule has 25 heavy (non-hydrogen) atoms. The maximum Gasteiger partial charge on any atom is 0.257 e. The lowest BCUT2D eigenvalue weighted by Gasteiger charge is -2.36. The Bertz CT molecular complexity index is 759. The van der Waals surface area contributed by atoms with E-state index in [9.17, 15) is 4.79 Å². The number of carbonyl (C=O) groups is 1. The summed E-state index contributed by atoms with van der Waals surface area (Å²) in [4.78, 5) is 24.0. The van der Waals surface area contributed by atoms with Gasteiger partial charge < -0.3 is 9.64 Å². The van der Waals surface area contributed by atoms with Gasteiger partial charge in [-0.3, -0.25) is 4.79 Å². The summed E-state index contributed by atoms with van der Waals surface area (Å²) in [6.07, 6.45) is 5.29. The molecule has 2 aliphatic rings. The van der Waals surface area contributed by atoms with Crippen molar-refractivity contribution in [1.82, 2.24) is 14.9 Å². The molecular formula is C20H23N3O2. The second-order valence-corrected chi connectivity index (χ2v) is 6.97. The van der Waals surface area contributed by atoms with Crippen LogP contribution in [0.5, 0.6) is 0 Å². The van der Waals surface area contributed by atoms with Crippen LogP contribution in [0, 0.1) is 12.8 Å². The van der Waals surface area contributed by atoms with Gasteiger partial charge in [0.15, 0.2) is 5.82 Å². The summed E-state index contributed by atoms with van der Waals surface area (Å²) in [5.41, 5.74) is 2.29. The lowest BCUT2D eigenvalue weighted by molar-refractivity contribution is -0.00577. The van der Waals surface area contributed by atoms with Crippen LogP contribution < -0.4 is 0 Å². The first-order chi connectivity index (χ1) is 12.2. The van der Waals surface area contributed by atoms with Crippen LogP contribution >= 0.6 is 0 Å². The number of morpholine rings is 1. The van der Waals surface area contributed by atoms with Gasteiger partial charge in [-0.05, 0) is 19.3 Å². The van der Waals surface area contributed by atoms with Crippen LogP contribution in [0.4, 0.5) is 0 Å². The number of hydrogen-bond donors (Lipinski definition) is 0. The van der Waals surface area contributed by atoms with E-state index in [1.54, 1.807) is 6.20 Å². The number of carbonyl (C=O) groups excluding carboxylic acids is 1. The number of rotatable bonds is 4. The monoisotopic (exact) mass is 337 g/mol. The Morgan fingerprint density at radius 1 is 1.28 bits per heavy atom. The molecule has 1 aliphatic heterocycles. The zero-order valence-electron chi connectivity index (χ0n) is 14.5. The van der Waals surface area contributed by atoms with E-state index < -0.39 is 0 Å². The van der Waals surface area contributed by atoms with E-state index in [1.807, 2.05) is 42.2 Å². The topological polar surface area (TPSA) is 55.3 Å². The normalized spacial score (nSPS) is 20.5. The Hall–Kier alpha value is -2.27. The molecule has 5 nitrogen and oxygen atoms in total. The second kappa shape index (κ2) is 6.92. The van der Waals surface area contributed by atoms with Gasteiger partial charge in [0.25, 0.3) is 5.91 Å². The Balaban J connectivity index is 1.56. The molecule has 1 saturated heterocycles. The third-order valence-electron chi connectivity index (χ3n) is 5.03. The minimum Gasteiger partial charge on any atom is -0.377 e. The summed E-state index contributed by atoms with van der Waals surface area (Å²) in [5, 5.41) is 0. The lowest BCUT2D eigenvalue weighted by atomic mass is 10.1. The van der Waals surface area contributed by atoms with Crippen LogP contribution in [-0.4, -0.2) is 46.6 Å². The summed E-state index contributed by atoms with van der Waals surface area (Å²) in [6, 6.07) is 10.0. The third-order valence-corrected chi connectivity index (χ3v) is 5.03. The molecule has 1 aliphatic carbocycles. The van der Waals surface area contributed by atoms with Gasteiger partial charge in [-0.25, -0.2) is 9.97 Å². The Labute approximate surface area is 148 Å². The van der Waals surface area contributed by atoms with Crippen LogP contribution in [0.25, 0.3) is 11.4 Å². The van der Waals surface area contributed by atoms with Gasteiger partial charge in [0.05, 0.1) is 30.5 Å². The smallest absolute Gasteiger partial charge is 0.257 e. The molecule has 130 valence electrons. The van der Waals surface area contributed by atoms with Crippen molar-refractivity contribution in [3.05, 3.63) is 47.8 Å². The fourth-order valence-electron chi connectivity index (χ4n) is 3.41. The largest absolute Gasteiger partial charge is 0.377 e. The molecule has 5 heteroatoms. The molecule has 2 aromatic rings. The number of amides is 1. The van der Waals surface area contributed by atoms with E-state index in [2.05, 4.69) is 9.97 Å². The molecule has 1 aromatic carbocycles. The number of aryl methyl sites for hydroxylation is 1. The zero-order valence-corrected chi connectivity index (χ0v) is 14.5. The summed E-state index contributed by atoms with van der Waals surface area (Å²) < 4.78 is 5.61. The average Bonchev–Trinajstić information content (AvgIpc) is 3.46. The number of nitrogens with zero attached hydrogens (tertiary/aromatic N) is 3. The molecule has 1 unspecified atom stereocenters. The van der Waals surface area contributed by atoms with Crippen molar-refractivity contribution in [3.63, 3.8) is 0 Å². The fourth-order valence-corrected chi connectivity index (χ4v) is 3.41. The molecule has 4 rings (SSSR count). The molecule has 0 spiro atoms. The number of ether oxygens (including phenoxy) is 1. The Kier molecular flexibility index (Phi) is 4.49. The molecule has 0 N–H and O–H groups in total. The van der Waals surface area contributed by atoms with E-state index >= 15 is 0 Å². The second-order valence-electron chi connectivity index (χ2n) is 6.97. The molecule has 0 radical (unpaired) electrons. The summed E-state index contributed by atoms with van der Waals surface area (Å²) in [5.74, 6) is 1.46. The van der Waals surface area contributed by atoms with E-state index in [1.165, 1.54) is 12.8 Å². The quantitative estimate of drug-likeness (QED) is 0.860. The molecular weight excluding hydrogens is 314 g/mol. The predicted octanol–water partition coefficient (Wildman–Crippen LogP) is 3.09. The van der Waals surface area contributed by atoms with Gasteiger partial charge in [-0.15, -0.1) is 0 Å². The molecule has 2 heterocycles. The summed E-state index contributed by atoms with van der Waals surface area (Å²) in [6.45, 7) is 3.78. The first-order valence-corrected chi connectivity index (χ1v) is 9.00. The van der Waals surface area contributed by atoms with Crippen LogP contribution in [0.1, 0.15) is 35.3 Å². The van der Waals surface area contributed by atoms with Gasteiger partial charge in [0.1, 0.15) is 0 Å². The third kappa shape index (κ3) is 3.56. The van der Waals surface area contributed by atoms with E-state index in [0.29, 0.717) is 31.1 Å². The van der Waals surface area contributed by atoms with Crippen LogP contribution in [0.15, 0.2) is 36.5 Å². The van der Waals surface area contributed by atoms with Gasteiger partial charge >= 0.3 is 0 Å². The first-order valence-electron chi connectivity index (χ1n) is 9.00. The highest BCUT2D eigenvalue weighted by molar-refractivity contribution is 5.95. The lowest BCUT2D eigenvalue weighted by Crippen LogP contribution is -2.49. The molecule has 1 saturated carbocycles. The Morgan fingerprint density at radius 2 is 2.08 bits per heavy atom. The van der Waals surface area contributed by atoms with Crippen molar-refractivity contribution in [2.45, 2.75) is 32.2 Å². The van der Waals surface area contributed by atoms with Gasteiger partial charge in [0.2, 0.25) is 0 Å². The highest BCUT2D eigenvalue weighted by Gasteiger charge is 2.34. The van der Waals surface area contributed by atoms with Crippen molar-refractivity contribution in [2.75, 3.05) is 19.8 Å². The van der Waals surface area contributed by atoms with E-state index in [0.717, 1.165) is 23.6 Å². The van der Waals surface area contributed by atoms with Crippen molar-refractivity contribution in [2.24, 2.45) is 5.92 Å². The number of aromatic nitrogens is 2. The van der Waals surface area contributed by atoms with E-state index in [-0.39, 0.29) is 11.9 Å². The van der Waals surface area contributed by atoms with Crippen molar-refractivity contribution in [3.8, 4) is 11.4 Å². The SMILES string of the molecule is Cc1nc(-c2ccccc2)ncc1C(=O)N1CCOCC1CC1CC1. The first kappa shape index (κ1) is 16.2.